The first-order valence-electron chi connectivity index (χ1n) is 14.1. The molecule has 0 N–H and O–H groups in total. The Balaban J connectivity index is 1.16. The number of hydrogen-bond donors (Lipinski definition) is 0. The predicted molar refractivity (Wildman–Crippen MR) is 134 cm³/mol. The minimum Gasteiger partial charge on any atom is -0.381 e. The number of rotatable bonds is 4. The number of nitrogens with zero attached hydrogens (tertiary/aromatic N) is 1. The Bertz CT molecular complexity index is 942. The highest BCUT2D eigenvalue weighted by molar-refractivity contribution is 5.41. The highest BCUT2D eigenvalue weighted by atomic mass is 16.5. The smallest absolute Gasteiger partial charge is 0.116 e. The van der Waals surface area contributed by atoms with E-state index in [1.54, 1.807) is 0 Å². The molecule has 1 aromatic heterocycles. The van der Waals surface area contributed by atoms with E-state index in [1.165, 1.54) is 63.4 Å². The minimum atomic E-state index is 0.509. The van der Waals surface area contributed by atoms with Crippen LogP contribution in [0.25, 0.3) is 0 Å². The highest BCUT2D eigenvalue weighted by Crippen LogP contribution is 2.65. The Morgan fingerprint density at radius 2 is 1.85 bits per heavy atom. The van der Waals surface area contributed by atoms with E-state index in [1.807, 2.05) is 0 Å². The Morgan fingerprint density at radius 1 is 1.00 bits per heavy atom. The van der Waals surface area contributed by atoms with Crippen LogP contribution in [0, 0.1) is 71.5 Å². The van der Waals surface area contributed by atoms with Crippen molar-refractivity contribution in [1.82, 2.24) is 4.98 Å². The number of pyridine rings is 1. The molecule has 1 heterocycles. The zero-order chi connectivity index (χ0) is 22.6. The maximum atomic E-state index is 5.81. The lowest BCUT2D eigenvalue weighted by Crippen LogP contribution is -2.49. The second-order valence-corrected chi connectivity index (χ2v) is 12.5. The van der Waals surface area contributed by atoms with Crippen LogP contribution in [0.2, 0.25) is 0 Å². The molecular weight excluding hydrogens is 402 g/mol. The molecule has 6 rings (SSSR count). The summed E-state index contributed by atoms with van der Waals surface area (Å²) in [5.41, 5.74) is 4.05. The van der Waals surface area contributed by atoms with E-state index in [0.29, 0.717) is 11.3 Å². The first kappa shape index (κ1) is 22.2. The third-order valence-electron chi connectivity index (χ3n) is 11.1. The van der Waals surface area contributed by atoms with Crippen molar-refractivity contribution < 1.29 is 4.74 Å². The SMILES string of the molecule is CCOC[C@H]1CC[C@@H]2C3CC[C@@]4(C)C(CCC4[C@@H]4C#Cc5nc(C)ccc5C4)[C@@H]3CC[C@@H]2C1. The molecule has 0 saturated heterocycles. The second-order valence-electron chi connectivity index (χ2n) is 12.5. The molecule has 2 heteroatoms. The zero-order valence-corrected chi connectivity index (χ0v) is 21.1. The second kappa shape index (κ2) is 8.71. The lowest BCUT2D eigenvalue weighted by atomic mass is 9.48. The Kier molecular flexibility index (Phi) is 5.85. The summed E-state index contributed by atoms with van der Waals surface area (Å²) in [7, 11) is 0. The van der Waals surface area contributed by atoms with Crippen molar-refractivity contribution >= 4 is 0 Å². The molecule has 0 aromatic carbocycles. The van der Waals surface area contributed by atoms with E-state index in [2.05, 4.69) is 44.7 Å². The quantitative estimate of drug-likeness (QED) is 0.474. The van der Waals surface area contributed by atoms with E-state index < -0.39 is 0 Å². The van der Waals surface area contributed by atoms with Crippen molar-refractivity contribution in [2.24, 2.45) is 52.8 Å². The Hall–Kier alpha value is -1.33. The Labute approximate surface area is 201 Å². The maximum absolute atomic E-state index is 5.81. The summed E-state index contributed by atoms with van der Waals surface area (Å²) >= 11 is 0. The van der Waals surface area contributed by atoms with Crippen molar-refractivity contribution in [2.75, 3.05) is 13.2 Å². The number of fused-ring (bicyclic) bond motifs is 6. The van der Waals surface area contributed by atoms with Gasteiger partial charge in [0.2, 0.25) is 0 Å². The van der Waals surface area contributed by atoms with Crippen LogP contribution in [0.1, 0.15) is 88.6 Å². The highest BCUT2D eigenvalue weighted by Gasteiger charge is 2.58. The Morgan fingerprint density at radius 3 is 2.73 bits per heavy atom. The molecule has 0 radical (unpaired) electrons. The van der Waals surface area contributed by atoms with E-state index in [9.17, 15) is 0 Å². The molecule has 0 amide bonds. The van der Waals surface area contributed by atoms with Crippen molar-refractivity contribution in [2.45, 2.75) is 85.0 Å². The molecule has 0 spiro atoms. The third kappa shape index (κ3) is 3.78. The molecule has 33 heavy (non-hydrogen) atoms. The van der Waals surface area contributed by atoms with Crippen molar-refractivity contribution in [3.05, 3.63) is 29.1 Å². The molecule has 4 fully saturated rings. The summed E-state index contributed by atoms with van der Waals surface area (Å²) in [5, 5.41) is 0. The predicted octanol–water partition coefficient (Wildman–Crippen LogP) is 6.84. The molecule has 5 aliphatic rings. The van der Waals surface area contributed by atoms with Gasteiger partial charge in [-0.25, -0.2) is 4.98 Å². The van der Waals surface area contributed by atoms with Gasteiger partial charge in [0.05, 0.1) is 0 Å². The topological polar surface area (TPSA) is 22.1 Å². The fourth-order valence-corrected chi connectivity index (χ4v) is 9.64. The van der Waals surface area contributed by atoms with Gasteiger partial charge in [0.15, 0.2) is 0 Å². The average molecular weight is 446 g/mol. The van der Waals surface area contributed by atoms with Crippen LogP contribution in [0.3, 0.4) is 0 Å². The summed E-state index contributed by atoms with van der Waals surface area (Å²) in [6, 6.07) is 4.47. The molecule has 5 aliphatic carbocycles. The van der Waals surface area contributed by atoms with Crippen LogP contribution in [0.5, 0.6) is 0 Å². The van der Waals surface area contributed by atoms with Gasteiger partial charge in [-0.15, -0.1) is 0 Å². The monoisotopic (exact) mass is 445 g/mol. The van der Waals surface area contributed by atoms with Gasteiger partial charge >= 0.3 is 0 Å². The van der Waals surface area contributed by atoms with E-state index in [0.717, 1.165) is 72.4 Å². The van der Waals surface area contributed by atoms with Crippen LogP contribution in [-0.4, -0.2) is 18.2 Å². The first-order valence-corrected chi connectivity index (χ1v) is 14.1. The third-order valence-corrected chi connectivity index (χ3v) is 11.1. The van der Waals surface area contributed by atoms with Gasteiger partial charge < -0.3 is 4.74 Å². The van der Waals surface area contributed by atoms with E-state index in [4.69, 9.17) is 9.72 Å². The van der Waals surface area contributed by atoms with Gasteiger partial charge in [0.1, 0.15) is 5.69 Å². The number of ether oxygens (including phenoxy) is 1. The van der Waals surface area contributed by atoms with Crippen molar-refractivity contribution in [3.8, 4) is 11.8 Å². The summed E-state index contributed by atoms with van der Waals surface area (Å²) in [6.07, 6.45) is 14.3. The standard InChI is InChI=1S/C31H43NO/c1-4-33-19-21-6-10-25-22(17-21)8-11-27-26(25)15-16-31(3)28(12-13-29(27)31)23-9-14-30-24(18-23)7-5-20(2)32-30/h5,7,21-23,25-29H,4,6,8,10-13,15-19H2,1-3H3/t21-,22+,23+,25-,26?,27+,28?,29?,31+/m0/s1. The van der Waals surface area contributed by atoms with E-state index in [-0.39, 0.29) is 0 Å². The molecule has 4 saturated carbocycles. The van der Waals surface area contributed by atoms with Crippen molar-refractivity contribution in [3.63, 3.8) is 0 Å². The van der Waals surface area contributed by atoms with Crippen LogP contribution < -0.4 is 0 Å². The lowest BCUT2D eigenvalue weighted by Gasteiger charge is -2.56. The van der Waals surface area contributed by atoms with Crippen LogP contribution in [-0.2, 0) is 11.2 Å². The minimum absolute atomic E-state index is 0.509. The average Bonchev–Trinajstić information content (AvgIpc) is 3.19. The maximum Gasteiger partial charge on any atom is 0.116 e. The molecule has 0 aliphatic heterocycles. The summed E-state index contributed by atoms with van der Waals surface area (Å²) in [5.74, 6) is 14.3. The molecular formula is C31H43NO. The number of aromatic nitrogens is 1. The molecule has 9 atom stereocenters. The molecule has 178 valence electrons. The van der Waals surface area contributed by atoms with E-state index >= 15 is 0 Å². The molecule has 1 aromatic rings. The van der Waals surface area contributed by atoms with Gasteiger partial charge in [0.25, 0.3) is 0 Å². The van der Waals surface area contributed by atoms with Gasteiger partial charge in [-0.1, -0.05) is 18.9 Å². The molecule has 0 bridgehead atoms. The van der Waals surface area contributed by atoms with Gasteiger partial charge in [-0.3, -0.25) is 0 Å². The summed E-state index contributed by atoms with van der Waals surface area (Å²) < 4.78 is 5.81. The van der Waals surface area contributed by atoms with Gasteiger partial charge in [0, 0.05) is 24.8 Å². The van der Waals surface area contributed by atoms with Crippen LogP contribution in [0.4, 0.5) is 0 Å². The first-order chi connectivity index (χ1) is 16.1. The number of aryl methyl sites for hydroxylation is 1. The fraction of sp³-hybridized carbons (Fsp3) is 0.774. The van der Waals surface area contributed by atoms with Crippen LogP contribution in [0.15, 0.2) is 12.1 Å². The molecule has 2 nitrogen and oxygen atoms in total. The van der Waals surface area contributed by atoms with Crippen molar-refractivity contribution in [1.29, 1.82) is 0 Å². The molecule has 3 unspecified atom stereocenters. The fourth-order valence-electron chi connectivity index (χ4n) is 9.64. The number of hydrogen-bond acceptors (Lipinski definition) is 2. The van der Waals surface area contributed by atoms with Gasteiger partial charge in [-0.05, 0) is 142 Å². The normalized spacial score (nSPS) is 43.5. The summed E-state index contributed by atoms with van der Waals surface area (Å²) in [4.78, 5) is 4.71. The zero-order valence-electron chi connectivity index (χ0n) is 21.1. The van der Waals surface area contributed by atoms with Gasteiger partial charge in [-0.2, -0.15) is 0 Å². The lowest BCUT2D eigenvalue weighted by molar-refractivity contribution is -0.0762. The largest absolute Gasteiger partial charge is 0.381 e. The summed E-state index contributed by atoms with van der Waals surface area (Å²) in [6.45, 7) is 8.79. The van der Waals surface area contributed by atoms with Crippen LogP contribution >= 0.6 is 0 Å².